The summed E-state index contributed by atoms with van der Waals surface area (Å²) in [6.07, 6.45) is 5.09. The van der Waals surface area contributed by atoms with E-state index in [1.807, 2.05) is 56.0 Å². The van der Waals surface area contributed by atoms with Gasteiger partial charge in [0.2, 0.25) is 5.91 Å². The van der Waals surface area contributed by atoms with Gasteiger partial charge < -0.3 is 14.5 Å². The fraction of sp³-hybridized carbons (Fsp3) is 0.524. The number of carbonyl (C=O) groups excluding carboxylic acids is 2. The van der Waals surface area contributed by atoms with Crippen molar-refractivity contribution in [2.75, 3.05) is 26.7 Å². The van der Waals surface area contributed by atoms with Gasteiger partial charge in [0.25, 0.3) is 0 Å². The molecule has 0 aliphatic carbocycles. The molecule has 2 amide bonds. The number of likely N-dealkylation sites (tertiary alicyclic amines) is 1. The second-order valence-corrected chi connectivity index (χ2v) is 8.86. The normalized spacial score (nSPS) is 17.8. The number of piperidine rings is 1. The van der Waals surface area contributed by atoms with E-state index in [0.29, 0.717) is 13.1 Å². The molecular weight excluding hydrogens is 408 g/mol. The summed E-state index contributed by atoms with van der Waals surface area (Å²) in [5.41, 5.74) is 0.472. The highest BCUT2D eigenvalue weighted by Crippen LogP contribution is 2.20. The van der Waals surface area contributed by atoms with Gasteiger partial charge >= 0.3 is 6.09 Å². The molecule has 2 rings (SSSR count). The molecule has 1 fully saturated rings. The van der Waals surface area contributed by atoms with E-state index >= 15 is 0 Å². The molecule has 1 saturated heterocycles. The number of nitrogens with zero attached hydrogens (tertiary/aromatic N) is 2. The highest BCUT2D eigenvalue weighted by Gasteiger charge is 2.26. The standard InChI is InChI=1S/C21H29BrN2O3/c1-21(2,3)27-20(26)23(4)14-16-8-7-13-24(15-16)19(25)12-11-17-9-5-6-10-18(17)22/h5-6,9-12,16H,7-8,13-15H2,1-4H3. The van der Waals surface area contributed by atoms with Gasteiger partial charge in [-0.05, 0) is 57.2 Å². The Kier molecular flexibility index (Phi) is 7.48. The first-order valence-corrected chi connectivity index (χ1v) is 10.1. The second kappa shape index (κ2) is 9.40. The third-order valence-electron chi connectivity index (χ3n) is 4.38. The van der Waals surface area contributed by atoms with Gasteiger partial charge in [0.1, 0.15) is 5.60 Å². The van der Waals surface area contributed by atoms with Crippen LogP contribution in [-0.2, 0) is 9.53 Å². The number of ether oxygens (including phenoxy) is 1. The summed E-state index contributed by atoms with van der Waals surface area (Å²) >= 11 is 3.49. The molecule has 0 spiro atoms. The zero-order valence-corrected chi connectivity index (χ0v) is 18.2. The molecule has 1 heterocycles. The molecule has 0 aromatic heterocycles. The van der Waals surface area contributed by atoms with Gasteiger partial charge in [0, 0.05) is 37.2 Å². The number of hydrogen-bond acceptors (Lipinski definition) is 3. The Labute approximate surface area is 170 Å². The molecule has 1 aromatic rings. The molecule has 6 heteroatoms. The van der Waals surface area contributed by atoms with Gasteiger partial charge in [0.05, 0.1) is 0 Å². The molecule has 0 bridgehead atoms. The lowest BCUT2D eigenvalue weighted by molar-refractivity contribution is -0.127. The maximum Gasteiger partial charge on any atom is 0.410 e. The quantitative estimate of drug-likeness (QED) is 0.649. The van der Waals surface area contributed by atoms with Gasteiger partial charge in [-0.15, -0.1) is 0 Å². The molecule has 0 saturated carbocycles. The average molecular weight is 437 g/mol. The molecular formula is C21H29BrN2O3. The van der Waals surface area contributed by atoms with E-state index in [1.54, 1.807) is 18.0 Å². The van der Waals surface area contributed by atoms with Gasteiger partial charge in [-0.1, -0.05) is 34.1 Å². The third kappa shape index (κ3) is 7.01. The van der Waals surface area contributed by atoms with Crippen molar-refractivity contribution in [1.29, 1.82) is 0 Å². The van der Waals surface area contributed by atoms with E-state index in [1.165, 1.54) is 0 Å². The number of rotatable bonds is 4. The van der Waals surface area contributed by atoms with Crippen molar-refractivity contribution < 1.29 is 14.3 Å². The minimum absolute atomic E-state index is 0.00961. The summed E-state index contributed by atoms with van der Waals surface area (Å²) in [7, 11) is 1.75. The van der Waals surface area contributed by atoms with Crippen molar-refractivity contribution in [3.63, 3.8) is 0 Å². The van der Waals surface area contributed by atoms with E-state index < -0.39 is 5.60 Å². The summed E-state index contributed by atoms with van der Waals surface area (Å²) in [5, 5.41) is 0. The Morgan fingerprint density at radius 1 is 1.33 bits per heavy atom. The SMILES string of the molecule is CN(CC1CCCN(C(=O)C=Cc2ccccc2Br)C1)C(=O)OC(C)(C)C. The summed E-state index contributed by atoms with van der Waals surface area (Å²) < 4.78 is 6.37. The van der Waals surface area contributed by atoms with Gasteiger partial charge in [-0.25, -0.2) is 4.79 Å². The maximum absolute atomic E-state index is 12.6. The van der Waals surface area contributed by atoms with Crippen molar-refractivity contribution in [3.8, 4) is 0 Å². The van der Waals surface area contributed by atoms with Gasteiger partial charge in [-0.3, -0.25) is 4.79 Å². The first-order chi connectivity index (χ1) is 12.7. The Morgan fingerprint density at radius 3 is 2.70 bits per heavy atom. The summed E-state index contributed by atoms with van der Waals surface area (Å²) in [5.74, 6) is 0.271. The lowest BCUT2D eigenvalue weighted by atomic mass is 9.97. The Bertz CT molecular complexity index is 697. The molecule has 1 unspecified atom stereocenters. The highest BCUT2D eigenvalue weighted by atomic mass is 79.9. The number of carbonyl (C=O) groups is 2. The second-order valence-electron chi connectivity index (χ2n) is 8.01. The molecule has 1 aromatic carbocycles. The van der Waals surface area contributed by atoms with Crippen LogP contribution < -0.4 is 0 Å². The molecule has 5 nitrogen and oxygen atoms in total. The predicted molar refractivity (Wildman–Crippen MR) is 111 cm³/mol. The minimum atomic E-state index is -0.504. The summed E-state index contributed by atoms with van der Waals surface area (Å²) in [6.45, 7) is 7.58. The summed E-state index contributed by atoms with van der Waals surface area (Å²) in [6, 6.07) is 7.80. The summed E-state index contributed by atoms with van der Waals surface area (Å²) in [4.78, 5) is 28.2. The van der Waals surface area contributed by atoms with Crippen molar-refractivity contribution >= 4 is 34.0 Å². The molecule has 1 aliphatic heterocycles. The van der Waals surface area contributed by atoms with Crippen LogP contribution in [0.25, 0.3) is 6.08 Å². The topological polar surface area (TPSA) is 49.9 Å². The number of amides is 2. The fourth-order valence-corrected chi connectivity index (χ4v) is 3.51. The first-order valence-electron chi connectivity index (χ1n) is 9.31. The van der Waals surface area contributed by atoms with Crippen LogP contribution in [-0.4, -0.2) is 54.1 Å². The zero-order chi connectivity index (χ0) is 20.0. The van der Waals surface area contributed by atoms with Crippen molar-refractivity contribution in [3.05, 3.63) is 40.4 Å². The van der Waals surface area contributed by atoms with E-state index in [-0.39, 0.29) is 17.9 Å². The number of halogens is 1. The minimum Gasteiger partial charge on any atom is -0.444 e. The van der Waals surface area contributed by atoms with E-state index in [4.69, 9.17) is 4.74 Å². The van der Waals surface area contributed by atoms with Crippen molar-refractivity contribution in [2.45, 2.75) is 39.2 Å². The number of hydrogen-bond donors (Lipinski definition) is 0. The zero-order valence-electron chi connectivity index (χ0n) is 16.6. The lowest BCUT2D eigenvalue weighted by Crippen LogP contribution is -2.44. The molecule has 148 valence electrons. The molecule has 0 N–H and O–H groups in total. The Hall–Kier alpha value is -1.82. The van der Waals surface area contributed by atoms with Crippen LogP contribution in [0, 0.1) is 5.92 Å². The lowest BCUT2D eigenvalue weighted by Gasteiger charge is -2.34. The number of benzene rings is 1. The smallest absolute Gasteiger partial charge is 0.410 e. The van der Waals surface area contributed by atoms with E-state index in [9.17, 15) is 9.59 Å². The first kappa shape index (κ1) is 21.5. The van der Waals surface area contributed by atoms with E-state index in [0.717, 1.165) is 29.4 Å². The monoisotopic (exact) mass is 436 g/mol. The fourth-order valence-electron chi connectivity index (χ4n) is 3.09. The Morgan fingerprint density at radius 2 is 2.04 bits per heavy atom. The molecule has 1 aliphatic rings. The van der Waals surface area contributed by atoms with Crippen LogP contribution >= 0.6 is 15.9 Å². The largest absolute Gasteiger partial charge is 0.444 e. The van der Waals surface area contributed by atoms with Crippen LogP contribution in [0.1, 0.15) is 39.2 Å². The molecule has 27 heavy (non-hydrogen) atoms. The van der Waals surface area contributed by atoms with Crippen LogP contribution in [0.4, 0.5) is 4.79 Å². The molecule has 1 atom stereocenters. The average Bonchev–Trinajstić information content (AvgIpc) is 2.59. The van der Waals surface area contributed by atoms with Gasteiger partial charge in [-0.2, -0.15) is 0 Å². The van der Waals surface area contributed by atoms with Crippen LogP contribution in [0.3, 0.4) is 0 Å². The van der Waals surface area contributed by atoms with Crippen molar-refractivity contribution in [1.82, 2.24) is 9.80 Å². The Balaban J connectivity index is 1.90. The van der Waals surface area contributed by atoms with Crippen LogP contribution in [0.5, 0.6) is 0 Å². The van der Waals surface area contributed by atoms with Crippen LogP contribution in [0.15, 0.2) is 34.8 Å². The third-order valence-corrected chi connectivity index (χ3v) is 5.10. The molecule has 0 radical (unpaired) electrons. The van der Waals surface area contributed by atoms with E-state index in [2.05, 4.69) is 15.9 Å². The predicted octanol–water partition coefficient (Wildman–Crippen LogP) is 4.57. The maximum atomic E-state index is 12.6. The van der Waals surface area contributed by atoms with Crippen molar-refractivity contribution in [2.24, 2.45) is 5.92 Å². The highest BCUT2D eigenvalue weighted by molar-refractivity contribution is 9.10. The van der Waals surface area contributed by atoms with Crippen LogP contribution in [0.2, 0.25) is 0 Å². The van der Waals surface area contributed by atoms with Gasteiger partial charge in [0.15, 0.2) is 0 Å².